The zero-order chi connectivity index (χ0) is 11.5. The highest BCUT2D eigenvalue weighted by atomic mass is 35.5. The van der Waals surface area contributed by atoms with Gasteiger partial charge in [-0.25, -0.2) is 0 Å². The fourth-order valence-corrected chi connectivity index (χ4v) is 2.34. The predicted molar refractivity (Wildman–Crippen MR) is 67.8 cm³/mol. The summed E-state index contributed by atoms with van der Waals surface area (Å²) < 4.78 is 5.26. The Bertz CT molecular complexity index is 376. The Morgan fingerprint density at radius 1 is 1.31 bits per heavy atom. The molecule has 0 saturated carbocycles. The van der Waals surface area contributed by atoms with Gasteiger partial charge in [-0.05, 0) is 18.6 Å². The average Bonchev–Trinajstić information content (AvgIpc) is 2.30. The van der Waals surface area contributed by atoms with Gasteiger partial charge in [-0.2, -0.15) is 0 Å². The normalized spacial score (nSPS) is 16.3. The molecule has 1 N–H and O–H groups in total. The van der Waals surface area contributed by atoms with Crippen molar-refractivity contribution in [1.29, 1.82) is 0 Å². The van der Waals surface area contributed by atoms with Crippen molar-refractivity contribution in [3.8, 4) is 5.75 Å². The van der Waals surface area contributed by atoms with Crippen LogP contribution in [-0.4, -0.2) is 33.3 Å². The first-order valence-corrected chi connectivity index (χ1v) is 5.90. The van der Waals surface area contributed by atoms with Crippen LogP contribution in [0.3, 0.4) is 0 Å². The molecule has 1 fully saturated rings. The lowest BCUT2D eigenvalue weighted by atomic mass is 10.1. The number of nitrogens with one attached hydrogen (secondary N) is 1. The molecule has 1 aromatic rings. The maximum Gasteiger partial charge on any atom is 0.139 e. The summed E-state index contributed by atoms with van der Waals surface area (Å²) in [6.07, 6.45) is 0. The van der Waals surface area contributed by atoms with Crippen LogP contribution in [0.2, 0.25) is 5.02 Å². The van der Waals surface area contributed by atoms with E-state index < -0.39 is 0 Å². The van der Waals surface area contributed by atoms with Crippen molar-refractivity contribution in [3.05, 3.63) is 22.7 Å². The number of benzene rings is 1. The molecule has 1 aromatic carbocycles. The minimum atomic E-state index is 0.680. The van der Waals surface area contributed by atoms with Crippen LogP contribution in [0.5, 0.6) is 5.75 Å². The van der Waals surface area contributed by atoms with Crippen LogP contribution in [-0.2, 0) is 0 Å². The van der Waals surface area contributed by atoms with Crippen molar-refractivity contribution in [2.75, 3.05) is 38.2 Å². The van der Waals surface area contributed by atoms with Crippen LogP contribution in [0, 0.1) is 6.92 Å². The molecule has 0 bridgehead atoms. The SMILES string of the molecule is COc1cc(N2CCNCC2)c(C)cc1Cl. The molecule has 1 heterocycles. The number of anilines is 1. The third kappa shape index (κ3) is 2.25. The van der Waals surface area contributed by atoms with Gasteiger partial charge in [0.25, 0.3) is 0 Å². The summed E-state index contributed by atoms with van der Waals surface area (Å²) in [5.41, 5.74) is 2.43. The topological polar surface area (TPSA) is 24.5 Å². The van der Waals surface area contributed by atoms with E-state index in [-0.39, 0.29) is 0 Å². The van der Waals surface area contributed by atoms with Gasteiger partial charge < -0.3 is 15.0 Å². The monoisotopic (exact) mass is 240 g/mol. The first kappa shape index (κ1) is 11.6. The Balaban J connectivity index is 2.31. The van der Waals surface area contributed by atoms with Gasteiger partial charge in [-0.3, -0.25) is 0 Å². The number of ether oxygens (including phenoxy) is 1. The summed E-state index contributed by atoms with van der Waals surface area (Å²) in [7, 11) is 1.65. The quantitative estimate of drug-likeness (QED) is 0.857. The van der Waals surface area contributed by atoms with Crippen LogP contribution in [0.25, 0.3) is 0 Å². The third-order valence-electron chi connectivity index (χ3n) is 2.93. The molecule has 3 nitrogen and oxygen atoms in total. The second-order valence-electron chi connectivity index (χ2n) is 4.01. The molecule has 0 atom stereocenters. The average molecular weight is 241 g/mol. The van der Waals surface area contributed by atoms with Gasteiger partial charge in [0.2, 0.25) is 0 Å². The summed E-state index contributed by atoms with van der Waals surface area (Å²) in [6.45, 7) is 6.22. The minimum Gasteiger partial charge on any atom is -0.495 e. The van der Waals surface area contributed by atoms with Crippen molar-refractivity contribution in [1.82, 2.24) is 5.32 Å². The Morgan fingerprint density at radius 3 is 2.62 bits per heavy atom. The van der Waals surface area contributed by atoms with Crippen molar-refractivity contribution in [2.24, 2.45) is 0 Å². The summed E-state index contributed by atoms with van der Waals surface area (Å²) in [5.74, 6) is 0.751. The lowest BCUT2D eigenvalue weighted by molar-refractivity contribution is 0.414. The minimum absolute atomic E-state index is 0.680. The zero-order valence-electron chi connectivity index (χ0n) is 9.72. The van der Waals surface area contributed by atoms with E-state index in [4.69, 9.17) is 16.3 Å². The lowest BCUT2D eigenvalue weighted by Gasteiger charge is -2.31. The number of piperazine rings is 1. The van der Waals surface area contributed by atoms with E-state index in [9.17, 15) is 0 Å². The van der Waals surface area contributed by atoms with Crippen LogP contribution in [0.15, 0.2) is 12.1 Å². The molecular formula is C12H17ClN2O. The van der Waals surface area contributed by atoms with Crippen molar-refractivity contribution < 1.29 is 4.74 Å². The maximum atomic E-state index is 6.08. The first-order valence-electron chi connectivity index (χ1n) is 5.52. The van der Waals surface area contributed by atoms with Gasteiger partial charge in [-0.1, -0.05) is 11.6 Å². The molecule has 0 aromatic heterocycles. The van der Waals surface area contributed by atoms with Gasteiger partial charge in [0.15, 0.2) is 0 Å². The molecule has 0 aliphatic carbocycles. The van der Waals surface area contributed by atoms with E-state index in [1.165, 1.54) is 11.3 Å². The first-order chi connectivity index (χ1) is 7.72. The predicted octanol–water partition coefficient (Wildman–Crippen LogP) is 2.07. The highest BCUT2D eigenvalue weighted by Gasteiger charge is 2.14. The van der Waals surface area contributed by atoms with Gasteiger partial charge in [0, 0.05) is 37.9 Å². The number of hydrogen-bond acceptors (Lipinski definition) is 3. The number of halogens is 1. The molecule has 1 aliphatic heterocycles. The standard InChI is InChI=1S/C12H17ClN2O/c1-9-7-10(13)12(16-2)8-11(9)15-5-3-14-4-6-15/h7-8,14H,3-6H2,1-2H3. The molecule has 88 valence electrons. The largest absolute Gasteiger partial charge is 0.495 e. The van der Waals surface area contributed by atoms with Crippen molar-refractivity contribution >= 4 is 17.3 Å². The molecule has 4 heteroatoms. The fraction of sp³-hybridized carbons (Fsp3) is 0.500. The van der Waals surface area contributed by atoms with Crippen LogP contribution in [0.1, 0.15) is 5.56 Å². The van der Waals surface area contributed by atoms with E-state index in [1.807, 2.05) is 12.1 Å². The molecule has 0 amide bonds. The van der Waals surface area contributed by atoms with E-state index in [0.29, 0.717) is 5.02 Å². The number of nitrogens with zero attached hydrogens (tertiary/aromatic N) is 1. The molecule has 0 radical (unpaired) electrons. The second-order valence-corrected chi connectivity index (χ2v) is 4.42. The van der Waals surface area contributed by atoms with E-state index >= 15 is 0 Å². The molecule has 0 spiro atoms. The van der Waals surface area contributed by atoms with Gasteiger partial charge >= 0.3 is 0 Å². The van der Waals surface area contributed by atoms with E-state index in [0.717, 1.165) is 31.9 Å². The van der Waals surface area contributed by atoms with E-state index in [1.54, 1.807) is 7.11 Å². The Hall–Kier alpha value is -0.930. The van der Waals surface area contributed by atoms with Gasteiger partial charge in [0.05, 0.1) is 12.1 Å². The number of rotatable bonds is 2. The highest BCUT2D eigenvalue weighted by Crippen LogP contribution is 2.32. The van der Waals surface area contributed by atoms with Gasteiger partial charge in [0.1, 0.15) is 5.75 Å². The van der Waals surface area contributed by atoms with Crippen molar-refractivity contribution in [3.63, 3.8) is 0 Å². The van der Waals surface area contributed by atoms with Crippen molar-refractivity contribution in [2.45, 2.75) is 6.92 Å². The maximum absolute atomic E-state index is 6.08. The van der Waals surface area contributed by atoms with Gasteiger partial charge in [-0.15, -0.1) is 0 Å². The highest BCUT2D eigenvalue weighted by molar-refractivity contribution is 6.32. The molecule has 1 aliphatic rings. The Labute approximate surface area is 101 Å². The van der Waals surface area contributed by atoms with E-state index in [2.05, 4.69) is 17.1 Å². The molecular weight excluding hydrogens is 224 g/mol. The molecule has 1 saturated heterocycles. The summed E-state index contributed by atoms with van der Waals surface area (Å²) in [5, 5.41) is 4.02. The Kier molecular flexibility index (Phi) is 3.56. The second kappa shape index (κ2) is 4.93. The lowest BCUT2D eigenvalue weighted by Crippen LogP contribution is -2.43. The summed E-state index contributed by atoms with van der Waals surface area (Å²) in [4.78, 5) is 2.37. The number of aryl methyl sites for hydroxylation is 1. The summed E-state index contributed by atoms with van der Waals surface area (Å²) in [6, 6.07) is 4.00. The summed E-state index contributed by atoms with van der Waals surface area (Å²) >= 11 is 6.08. The van der Waals surface area contributed by atoms with Crippen LogP contribution >= 0.6 is 11.6 Å². The molecule has 2 rings (SSSR count). The molecule has 0 unspecified atom stereocenters. The number of methoxy groups -OCH3 is 1. The Morgan fingerprint density at radius 2 is 2.00 bits per heavy atom. The number of hydrogen-bond donors (Lipinski definition) is 1. The molecule has 16 heavy (non-hydrogen) atoms. The smallest absolute Gasteiger partial charge is 0.139 e. The van der Waals surface area contributed by atoms with Crippen LogP contribution < -0.4 is 15.0 Å². The fourth-order valence-electron chi connectivity index (χ4n) is 2.04. The van der Waals surface area contributed by atoms with Crippen LogP contribution in [0.4, 0.5) is 5.69 Å². The third-order valence-corrected chi connectivity index (χ3v) is 3.22. The zero-order valence-corrected chi connectivity index (χ0v) is 10.5.